The fourth-order valence-electron chi connectivity index (χ4n) is 3.19. The van der Waals surface area contributed by atoms with E-state index in [0.717, 1.165) is 23.6 Å². The normalized spacial score (nSPS) is 19.0. The van der Waals surface area contributed by atoms with Crippen molar-refractivity contribution in [1.29, 1.82) is 0 Å². The van der Waals surface area contributed by atoms with Crippen molar-refractivity contribution in [2.24, 2.45) is 0 Å². The number of rotatable bonds is 6. The van der Waals surface area contributed by atoms with Crippen LogP contribution in [-0.2, 0) is 9.53 Å². The van der Waals surface area contributed by atoms with Crippen LogP contribution < -0.4 is 14.2 Å². The fraction of sp³-hybridized carbons (Fsp3) is 0.350. The molecule has 2 aliphatic heterocycles. The molecule has 0 aromatic heterocycles. The van der Waals surface area contributed by atoms with E-state index < -0.39 is 5.97 Å². The molecule has 2 heterocycles. The Bertz CT molecular complexity index is 807. The molecule has 0 amide bonds. The van der Waals surface area contributed by atoms with Gasteiger partial charge in [0.05, 0.1) is 19.1 Å². The van der Waals surface area contributed by atoms with Crippen molar-refractivity contribution in [2.45, 2.75) is 12.5 Å². The predicted molar refractivity (Wildman–Crippen MR) is 96.5 cm³/mol. The molecule has 142 valence electrons. The van der Waals surface area contributed by atoms with E-state index in [4.69, 9.17) is 24.1 Å². The molecule has 1 unspecified atom stereocenters. The lowest BCUT2D eigenvalue weighted by Gasteiger charge is -2.32. The van der Waals surface area contributed by atoms with E-state index in [-0.39, 0.29) is 19.3 Å². The van der Waals surface area contributed by atoms with Gasteiger partial charge in [0.1, 0.15) is 11.5 Å². The molecule has 1 atom stereocenters. The van der Waals surface area contributed by atoms with Gasteiger partial charge in [-0.1, -0.05) is 12.1 Å². The highest BCUT2D eigenvalue weighted by Crippen LogP contribution is 2.36. The highest BCUT2D eigenvalue weighted by Gasteiger charge is 2.22. The van der Waals surface area contributed by atoms with Gasteiger partial charge in [0, 0.05) is 25.7 Å². The molecule has 0 spiro atoms. The summed E-state index contributed by atoms with van der Waals surface area (Å²) in [5.74, 6) is 2.03. The standard InChI is InChI=1S/C20H21NO6/c22-20(23)7-8-21-9-10-24-19(12-21)14-1-3-15(4-2-14)27-16-5-6-17-18(11-16)26-13-25-17/h1-6,11,19H,7-10,12-13H2,(H,22,23). The number of morpholine rings is 1. The van der Waals surface area contributed by atoms with Crippen LogP contribution in [0.5, 0.6) is 23.0 Å². The van der Waals surface area contributed by atoms with E-state index in [0.29, 0.717) is 31.2 Å². The third kappa shape index (κ3) is 4.32. The van der Waals surface area contributed by atoms with Crippen molar-refractivity contribution in [2.75, 3.05) is 33.0 Å². The molecule has 7 heteroatoms. The van der Waals surface area contributed by atoms with Crippen LogP contribution in [0.1, 0.15) is 18.1 Å². The van der Waals surface area contributed by atoms with Gasteiger partial charge in [0.15, 0.2) is 11.5 Å². The minimum atomic E-state index is -0.775. The molecule has 0 radical (unpaired) electrons. The maximum atomic E-state index is 10.8. The maximum Gasteiger partial charge on any atom is 0.304 e. The first-order valence-electron chi connectivity index (χ1n) is 8.90. The first-order chi connectivity index (χ1) is 13.2. The smallest absolute Gasteiger partial charge is 0.304 e. The molecule has 1 N–H and O–H groups in total. The second-order valence-corrected chi connectivity index (χ2v) is 6.49. The van der Waals surface area contributed by atoms with Gasteiger partial charge in [-0.15, -0.1) is 0 Å². The molecule has 2 aromatic carbocycles. The average molecular weight is 371 g/mol. The number of aliphatic carboxylic acids is 1. The molecule has 27 heavy (non-hydrogen) atoms. The summed E-state index contributed by atoms with van der Waals surface area (Å²) in [5, 5.41) is 8.84. The summed E-state index contributed by atoms with van der Waals surface area (Å²) in [7, 11) is 0. The number of ether oxygens (including phenoxy) is 4. The molecule has 0 saturated carbocycles. The first kappa shape index (κ1) is 17.6. The Balaban J connectivity index is 1.37. The third-order valence-corrected chi connectivity index (χ3v) is 4.62. The monoisotopic (exact) mass is 371 g/mol. The van der Waals surface area contributed by atoms with Crippen molar-refractivity contribution in [3.8, 4) is 23.0 Å². The van der Waals surface area contributed by atoms with E-state index >= 15 is 0 Å². The summed E-state index contributed by atoms with van der Waals surface area (Å²) >= 11 is 0. The number of hydrogen-bond donors (Lipinski definition) is 1. The van der Waals surface area contributed by atoms with Crippen LogP contribution in [0.15, 0.2) is 42.5 Å². The minimum absolute atomic E-state index is 0.0628. The van der Waals surface area contributed by atoms with Crippen molar-refractivity contribution < 1.29 is 28.8 Å². The number of carbonyl (C=O) groups is 1. The highest BCUT2D eigenvalue weighted by molar-refractivity contribution is 5.66. The number of carboxylic acids is 1. The van der Waals surface area contributed by atoms with Crippen molar-refractivity contribution >= 4 is 5.97 Å². The molecule has 2 aromatic rings. The summed E-state index contributed by atoms with van der Waals surface area (Å²) in [5.41, 5.74) is 1.05. The zero-order valence-corrected chi connectivity index (χ0v) is 14.8. The van der Waals surface area contributed by atoms with E-state index in [1.165, 1.54) is 0 Å². The summed E-state index contributed by atoms with van der Waals surface area (Å²) in [4.78, 5) is 12.9. The first-order valence-corrected chi connectivity index (χ1v) is 8.90. The van der Waals surface area contributed by atoms with Gasteiger partial charge >= 0.3 is 5.97 Å². The Labute approximate surface area is 157 Å². The van der Waals surface area contributed by atoms with Crippen LogP contribution in [0.3, 0.4) is 0 Å². The number of nitrogens with zero attached hydrogens (tertiary/aromatic N) is 1. The van der Waals surface area contributed by atoms with Crippen LogP contribution in [0.25, 0.3) is 0 Å². The van der Waals surface area contributed by atoms with Crippen molar-refractivity contribution in [3.05, 3.63) is 48.0 Å². The quantitative estimate of drug-likeness (QED) is 0.836. The summed E-state index contributed by atoms with van der Waals surface area (Å²) in [6.45, 7) is 2.82. The fourth-order valence-corrected chi connectivity index (χ4v) is 3.19. The molecule has 7 nitrogen and oxygen atoms in total. The second-order valence-electron chi connectivity index (χ2n) is 6.49. The maximum absolute atomic E-state index is 10.8. The van der Waals surface area contributed by atoms with Crippen LogP contribution in [-0.4, -0.2) is 49.0 Å². The molecular weight excluding hydrogens is 350 g/mol. The van der Waals surface area contributed by atoms with Crippen LogP contribution in [0, 0.1) is 0 Å². The lowest BCUT2D eigenvalue weighted by Crippen LogP contribution is -2.39. The Morgan fingerprint density at radius 2 is 1.89 bits per heavy atom. The average Bonchev–Trinajstić information content (AvgIpc) is 3.15. The Morgan fingerprint density at radius 1 is 1.11 bits per heavy atom. The number of benzene rings is 2. The molecule has 0 aliphatic carbocycles. The van der Waals surface area contributed by atoms with Crippen LogP contribution in [0.4, 0.5) is 0 Å². The topological polar surface area (TPSA) is 77.5 Å². The molecule has 2 aliphatic rings. The lowest BCUT2D eigenvalue weighted by molar-refractivity contribution is -0.137. The third-order valence-electron chi connectivity index (χ3n) is 4.62. The van der Waals surface area contributed by atoms with Crippen molar-refractivity contribution in [1.82, 2.24) is 4.90 Å². The van der Waals surface area contributed by atoms with E-state index in [1.807, 2.05) is 36.4 Å². The molecular formula is C20H21NO6. The van der Waals surface area contributed by atoms with Gasteiger partial charge in [-0.3, -0.25) is 9.69 Å². The Kier molecular flexibility index (Phi) is 5.13. The van der Waals surface area contributed by atoms with Gasteiger partial charge in [0.2, 0.25) is 6.79 Å². The van der Waals surface area contributed by atoms with Gasteiger partial charge in [-0.2, -0.15) is 0 Å². The molecule has 1 fully saturated rings. The van der Waals surface area contributed by atoms with E-state index in [1.54, 1.807) is 6.07 Å². The van der Waals surface area contributed by atoms with Gasteiger partial charge in [0.25, 0.3) is 0 Å². The summed E-state index contributed by atoms with van der Waals surface area (Å²) < 4.78 is 22.4. The minimum Gasteiger partial charge on any atom is -0.481 e. The van der Waals surface area contributed by atoms with E-state index in [2.05, 4.69) is 4.90 Å². The summed E-state index contributed by atoms with van der Waals surface area (Å²) in [6, 6.07) is 13.2. The Hall–Kier alpha value is -2.77. The van der Waals surface area contributed by atoms with Gasteiger partial charge in [-0.25, -0.2) is 0 Å². The molecule has 1 saturated heterocycles. The van der Waals surface area contributed by atoms with E-state index in [9.17, 15) is 4.79 Å². The van der Waals surface area contributed by atoms with Gasteiger partial charge < -0.3 is 24.1 Å². The lowest BCUT2D eigenvalue weighted by atomic mass is 10.1. The molecule has 4 rings (SSSR count). The van der Waals surface area contributed by atoms with Crippen molar-refractivity contribution in [3.63, 3.8) is 0 Å². The zero-order chi connectivity index (χ0) is 18.6. The van der Waals surface area contributed by atoms with Gasteiger partial charge in [-0.05, 0) is 29.8 Å². The number of hydrogen-bond acceptors (Lipinski definition) is 6. The van der Waals surface area contributed by atoms with Crippen LogP contribution >= 0.6 is 0 Å². The zero-order valence-electron chi connectivity index (χ0n) is 14.8. The van der Waals surface area contributed by atoms with Crippen LogP contribution in [0.2, 0.25) is 0 Å². The predicted octanol–water partition coefficient (Wildman–Crippen LogP) is 3.06. The number of carboxylic acid groups (broad SMARTS) is 1. The molecule has 0 bridgehead atoms. The SMILES string of the molecule is O=C(O)CCN1CCOC(c2ccc(Oc3ccc4c(c3)OCO4)cc2)C1. The number of fused-ring (bicyclic) bond motifs is 1. The highest BCUT2D eigenvalue weighted by atomic mass is 16.7. The Morgan fingerprint density at radius 3 is 2.70 bits per heavy atom. The second kappa shape index (κ2) is 7.85. The largest absolute Gasteiger partial charge is 0.481 e. The summed E-state index contributed by atoms with van der Waals surface area (Å²) in [6.07, 6.45) is 0.0850.